The Bertz CT molecular complexity index is 784. The lowest BCUT2D eigenvalue weighted by molar-refractivity contribution is -0.111. The molecule has 2 amide bonds. The highest BCUT2D eigenvalue weighted by molar-refractivity contribution is 6.03. The normalized spacial score (nSPS) is 10.4. The Hall–Kier alpha value is -3.28. The van der Waals surface area contributed by atoms with Gasteiger partial charge < -0.3 is 20.5 Å². The van der Waals surface area contributed by atoms with E-state index in [0.29, 0.717) is 22.7 Å². The fourth-order valence-corrected chi connectivity index (χ4v) is 2.06. The average Bonchev–Trinajstić information content (AvgIpc) is 2.60. The maximum atomic E-state index is 12.0. The van der Waals surface area contributed by atoms with Crippen molar-refractivity contribution in [3.05, 3.63) is 59.7 Å². The zero-order chi connectivity index (χ0) is 17.5. The Morgan fingerprint density at radius 1 is 1.08 bits per heavy atom. The first-order chi connectivity index (χ1) is 11.5. The second kappa shape index (κ2) is 7.82. The van der Waals surface area contributed by atoms with Gasteiger partial charge in [0.25, 0.3) is 0 Å². The van der Waals surface area contributed by atoms with Crippen molar-refractivity contribution in [2.45, 2.75) is 0 Å². The number of hydrogen-bond donors (Lipinski definition) is 2. The van der Waals surface area contributed by atoms with Gasteiger partial charge >= 0.3 is 0 Å². The summed E-state index contributed by atoms with van der Waals surface area (Å²) in [5, 5.41) is 2.67. The third-order valence-corrected chi connectivity index (χ3v) is 3.27. The molecule has 6 nitrogen and oxygen atoms in total. The van der Waals surface area contributed by atoms with E-state index in [1.807, 2.05) is 0 Å². The van der Waals surface area contributed by atoms with E-state index in [0.717, 1.165) is 5.56 Å². The molecular formula is C18H18N2O4. The van der Waals surface area contributed by atoms with Crippen molar-refractivity contribution in [1.29, 1.82) is 0 Å². The van der Waals surface area contributed by atoms with Crippen molar-refractivity contribution in [1.82, 2.24) is 0 Å². The summed E-state index contributed by atoms with van der Waals surface area (Å²) in [6.07, 6.45) is 3.01. The molecule has 24 heavy (non-hydrogen) atoms. The summed E-state index contributed by atoms with van der Waals surface area (Å²) in [6, 6.07) is 11.7. The number of anilines is 1. The lowest BCUT2D eigenvalue weighted by Gasteiger charge is -2.07. The van der Waals surface area contributed by atoms with E-state index in [1.54, 1.807) is 56.7 Å². The van der Waals surface area contributed by atoms with Gasteiger partial charge in [-0.15, -0.1) is 0 Å². The molecule has 0 bridgehead atoms. The lowest BCUT2D eigenvalue weighted by Crippen LogP contribution is -2.12. The standard InChI is InChI=1S/C18H18N2O4/c1-23-15-8-6-12(16(11-15)24-2)7-9-17(21)20-14-5-3-4-13(10-14)18(19)22/h3-11H,1-2H3,(H2,19,22)(H,20,21)/b9-7+. The van der Waals surface area contributed by atoms with Gasteiger partial charge in [0.2, 0.25) is 11.8 Å². The number of methoxy groups -OCH3 is 2. The van der Waals surface area contributed by atoms with Gasteiger partial charge in [-0.3, -0.25) is 9.59 Å². The van der Waals surface area contributed by atoms with Crippen LogP contribution in [0.2, 0.25) is 0 Å². The summed E-state index contributed by atoms with van der Waals surface area (Å²) in [7, 11) is 3.11. The van der Waals surface area contributed by atoms with Crippen molar-refractivity contribution in [2.24, 2.45) is 5.73 Å². The van der Waals surface area contributed by atoms with Gasteiger partial charge in [0, 0.05) is 29.0 Å². The number of amides is 2. The number of nitrogens with one attached hydrogen (secondary N) is 1. The van der Waals surface area contributed by atoms with Crippen LogP contribution in [0.5, 0.6) is 11.5 Å². The van der Waals surface area contributed by atoms with Crippen molar-refractivity contribution in [3.8, 4) is 11.5 Å². The minimum absolute atomic E-state index is 0.327. The highest BCUT2D eigenvalue weighted by Gasteiger charge is 2.05. The number of rotatable bonds is 6. The number of nitrogens with two attached hydrogens (primary N) is 1. The van der Waals surface area contributed by atoms with Gasteiger partial charge in [-0.05, 0) is 36.4 Å². The number of ether oxygens (including phenoxy) is 2. The fraction of sp³-hybridized carbons (Fsp3) is 0.111. The number of carbonyl (C=O) groups is 2. The monoisotopic (exact) mass is 326 g/mol. The SMILES string of the molecule is COc1ccc(/C=C/C(=O)Nc2cccc(C(N)=O)c2)c(OC)c1. The number of primary amides is 1. The first-order valence-electron chi connectivity index (χ1n) is 7.14. The largest absolute Gasteiger partial charge is 0.497 e. The topological polar surface area (TPSA) is 90.6 Å². The quantitative estimate of drug-likeness (QED) is 0.798. The number of hydrogen-bond acceptors (Lipinski definition) is 4. The van der Waals surface area contributed by atoms with Crippen LogP contribution in [0.3, 0.4) is 0 Å². The van der Waals surface area contributed by atoms with Gasteiger partial charge in [0.05, 0.1) is 14.2 Å². The van der Waals surface area contributed by atoms with Gasteiger partial charge in [-0.25, -0.2) is 0 Å². The van der Waals surface area contributed by atoms with Crippen LogP contribution in [0.1, 0.15) is 15.9 Å². The van der Waals surface area contributed by atoms with Gasteiger partial charge in [0.15, 0.2) is 0 Å². The maximum absolute atomic E-state index is 12.0. The molecule has 0 saturated heterocycles. The van der Waals surface area contributed by atoms with Crippen LogP contribution in [0.15, 0.2) is 48.5 Å². The molecule has 0 aliphatic rings. The molecule has 2 aromatic carbocycles. The zero-order valence-corrected chi connectivity index (χ0v) is 13.4. The molecule has 2 rings (SSSR count). The molecule has 2 aromatic rings. The second-order valence-electron chi connectivity index (χ2n) is 4.88. The Balaban J connectivity index is 2.11. The molecule has 124 valence electrons. The smallest absolute Gasteiger partial charge is 0.248 e. The summed E-state index contributed by atoms with van der Waals surface area (Å²) < 4.78 is 10.4. The number of carbonyl (C=O) groups excluding carboxylic acids is 2. The van der Waals surface area contributed by atoms with E-state index in [1.165, 1.54) is 12.1 Å². The van der Waals surface area contributed by atoms with E-state index in [4.69, 9.17) is 15.2 Å². The summed E-state index contributed by atoms with van der Waals surface area (Å²) in [5.41, 5.74) is 6.77. The van der Waals surface area contributed by atoms with Crippen LogP contribution in [0.4, 0.5) is 5.69 Å². The summed E-state index contributed by atoms with van der Waals surface area (Å²) >= 11 is 0. The first kappa shape index (κ1) is 17.1. The fourth-order valence-electron chi connectivity index (χ4n) is 2.06. The summed E-state index contributed by atoms with van der Waals surface area (Å²) in [4.78, 5) is 23.2. The molecule has 0 aromatic heterocycles. The minimum atomic E-state index is -0.551. The molecule has 0 aliphatic carbocycles. The lowest BCUT2D eigenvalue weighted by atomic mass is 10.1. The summed E-state index contributed by atoms with van der Waals surface area (Å²) in [5.74, 6) is 0.366. The predicted molar refractivity (Wildman–Crippen MR) is 92.2 cm³/mol. The minimum Gasteiger partial charge on any atom is -0.497 e. The van der Waals surface area contributed by atoms with E-state index in [-0.39, 0.29) is 5.91 Å². The van der Waals surface area contributed by atoms with Crippen molar-refractivity contribution >= 4 is 23.6 Å². The molecular weight excluding hydrogens is 308 g/mol. The van der Waals surface area contributed by atoms with E-state index >= 15 is 0 Å². The number of benzene rings is 2. The molecule has 0 aliphatic heterocycles. The van der Waals surface area contributed by atoms with Gasteiger partial charge in [0.1, 0.15) is 11.5 Å². The van der Waals surface area contributed by atoms with Crippen LogP contribution in [-0.4, -0.2) is 26.0 Å². The van der Waals surface area contributed by atoms with E-state index < -0.39 is 5.91 Å². The van der Waals surface area contributed by atoms with Crippen LogP contribution in [0, 0.1) is 0 Å². The summed E-state index contributed by atoms with van der Waals surface area (Å²) in [6.45, 7) is 0. The molecule has 0 saturated carbocycles. The molecule has 0 atom stereocenters. The molecule has 0 fully saturated rings. The van der Waals surface area contributed by atoms with Crippen LogP contribution < -0.4 is 20.5 Å². The van der Waals surface area contributed by atoms with Crippen LogP contribution >= 0.6 is 0 Å². The maximum Gasteiger partial charge on any atom is 0.248 e. The molecule has 3 N–H and O–H groups in total. The molecule has 6 heteroatoms. The Labute approximate surface area is 139 Å². The second-order valence-corrected chi connectivity index (χ2v) is 4.88. The Kier molecular flexibility index (Phi) is 5.57. The van der Waals surface area contributed by atoms with Crippen molar-refractivity contribution in [3.63, 3.8) is 0 Å². The Morgan fingerprint density at radius 3 is 2.54 bits per heavy atom. The van der Waals surface area contributed by atoms with E-state index in [9.17, 15) is 9.59 Å². The molecule has 0 radical (unpaired) electrons. The third kappa shape index (κ3) is 4.36. The zero-order valence-electron chi connectivity index (χ0n) is 13.4. The molecule has 0 heterocycles. The average molecular weight is 326 g/mol. The van der Waals surface area contributed by atoms with Gasteiger partial charge in [-0.2, -0.15) is 0 Å². The van der Waals surface area contributed by atoms with Gasteiger partial charge in [-0.1, -0.05) is 6.07 Å². The Morgan fingerprint density at radius 2 is 1.88 bits per heavy atom. The third-order valence-electron chi connectivity index (χ3n) is 3.27. The molecule has 0 unspecified atom stereocenters. The highest BCUT2D eigenvalue weighted by atomic mass is 16.5. The predicted octanol–water partition coefficient (Wildman–Crippen LogP) is 2.45. The first-order valence-corrected chi connectivity index (χ1v) is 7.14. The van der Waals surface area contributed by atoms with Crippen molar-refractivity contribution < 1.29 is 19.1 Å². The van der Waals surface area contributed by atoms with Crippen LogP contribution in [-0.2, 0) is 4.79 Å². The highest BCUT2D eigenvalue weighted by Crippen LogP contribution is 2.25. The van der Waals surface area contributed by atoms with Crippen LogP contribution in [0.25, 0.3) is 6.08 Å². The van der Waals surface area contributed by atoms with Crippen molar-refractivity contribution in [2.75, 3.05) is 19.5 Å². The van der Waals surface area contributed by atoms with E-state index in [2.05, 4.69) is 5.32 Å². The molecule has 0 spiro atoms.